The van der Waals surface area contributed by atoms with Crippen molar-refractivity contribution in [2.24, 2.45) is 0 Å². The van der Waals surface area contributed by atoms with Gasteiger partial charge in [-0.15, -0.1) is 0 Å². The number of nitrogens with one attached hydrogen (secondary N) is 2. The Morgan fingerprint density at radius 1 is 0.946 bits per heavy atom. The molecule has 0 aliphatic carbocycles. The van der Waals surface area contributed by atoms with Crippen LogP contribution in [0.4, 0.5) is 22.7 Å². The molecule has 1 fully saturated rings. The number of likely N-dealkylation sites (N-methyl/N-ethyl adjacent to an activating group) is 1. The Hall–Kier alpha value is -3.65. The van der Waals surface area contributed by atoms with E-state index in [4.69, 9.17) is 5.73 Å². The van der Waals surface area contributed by atoms with Gasteiger partial charge in [-0.2, -0.15) is 19.3 Å². The first-order chi connectivity index (χ1) is 17.8. The number of nitrogens with zero attached hydrogens (tertiary/aromatic N) is 6. The molecule has 1 aliphatic rings. The highest BCUT2D eigenvalue weighted by Gasteiger charge is 2.27. The van der Waals surface area contributed by atoms with Gasteiger partial charge in [0.2, 0.25) is 21.9 Å². The van der Waals surface area contributed by atoms with Crippen molar-refractivity contribution in [3.05, 3.63) is 54.6 Å². The minimum absolute atomic E-state index is 0.0344. The standard InChI is InChI=1S/C24H27N9O2S2/c1-26-24-28-19(16-7-4-3-5-8-16)20(36-24)21-29-22(25)31-23(30-21)27-17-9-6-10-18(15-17)37(34,35)33-13-11-32(2)12-14-33/h3-10,15H,11-14H2,1-2H3,(H,26,28)(H3,25,27,29,30,31). The molecule has 2 aromatic carbocycles. The van der Waals surface area contributed by atoms with Gasteiger partial charge in [-0.1, -0.05) is 47.7 Å². The SMILES string of the molecule is CNc1nc(-c2ccccc2)c(-c2nc(N)nc(Nc3cccc(S(=O)(=O)N4CCN(C)CC4)c3)n2)s1. The average Bonchev–Trinajstić information content (AvgIpc) is 3.34. The molecule has 1 aliphatic heterocycles. The van der Waals surface area contributed by atoms with E-state index in [1.165, 1.54) is 15.6 Å². The van der Waals surface area contributed by atoms with Crippen LogP contribution in [0.5, 0.6) is 0 Å². The smallest absolute Gasteiger partial charge is 0.243 e. The number of aromatic nitrogens is 4. The van der Waals surface area contributed by atoms with Crippen LogP contribution in [-0.2, 0) is 10.0 Å². The Morgan fingerprint density at radius 3 is 2.43 bits per heavy atom. The molecule has 37 heavy (non-hydrogen) atoms. The number of thiazole rings is 1. The quantitative estimate of drug-likeness (QED) is 0.322. The lowest BCUT2D eigenvalue weighted by atomic mass is 10.1. The molecule has 5 rings (SSSR count). The van der Waals surface area contributed by atoms with Gasteiger partial charge in [0.1, 0.15) is 4.88 Å². The van der Waals surface area contributed by atoms with Gasteiger partial charge < -0.3 is 21.3 Å². The average molecular weight is 538 g/mol. The van der Waals surface area contributed by atoms with E-state index in [-0.39, 0.29) is 16.8 Å². The second kappa shape index (κ2) is 10.4. The predicted octanol–water partition coefficient (Wildman–Crippen LogP) is 2.97. The Morgan fingerprint density at radius 2 is 1.70 bits per heavy atom. The summed E-state index contributed by atoms with van der Waals surface area (Å²) in [6, 6.07) is 16.4. The Bertz CT molecular complexity index is 1500. The van der Waals surface area contributed by atoms with Crippen molar-refractivity contribution in [3.63, 3.8) is 0 Å². The summed E-state index contributed by atoms with van der Waals surface area (Å²) in [7, 11) is 0.164. The van der Waals surface area contributed by atoms with E-state index in [0.29, 0.717) is 42.8 Å². The van der Waals surface area contributed by atoms with Crippen molar-refractivity contribution >= 4 is 44.1 Å². The lowest BCUT2D eigenvalue weighted by Crippen LogP contribution is -2.47. The van der Waals surface area contributed by atoms with Gasteiger partial charge in [0.05, 0.1) is 10.6 Å². The summed E-state index contributed by atoms with van der Waals surface area (Å²) in [5.41, 5.74) is 8.22. The lowest BCUT2D eigenvalue weighted by Gasteiger charge is -2.31. The van der Waals surface area contributed by atoms with Crippen LogP contribution >= 0.6 is 11.3 Å². The van der Waals surface area contributed by atoms with E-state index in [9.17, 15) is 8.42 Å². The fourth-order valence-electron chi connectivity index (χ4n) is 3.96. The molecule has 0 amide bonds. The third-order valence-electron chi connectivity index (χ3n) is 5.93. The van der Waals surface area contributed by atoms with E-state index in [1.807, 2.05) is 37.4 Å². The first-order valence-electron chi connectivity index (χ1n) is 11.6. The molecule has 0 unspecified atom stereocenters. The molecule has 1 saturated heterocycles. The molecule has 0 saturated carbocycles. The van der Waals surface area contributed by atoms with Crippen LogP contribution in [0, 0.1) is 0 Å². The summed E-state index contributed by atoms with van der Waals surface area (Å²) in [6.07, 6.45) is 0. The summed E-state index contributed by atoms with van der Waals surface area (Å²) < 4.78 is 27.9. The summed E-state index contributed by atoms with van der Waals surface area (Å²) in [5.74, 6) is 0.608. The zero-order valence-corrected chi connectivity index (χ0v) is 22.1. The van der Waals surface area contributed by atoms with Crippen LogP contribution < -0.4 is 16.4 Å². The molecular weight excluding hydrogens is 510 g/mol. The molecule has 4 aromatic rings. The number of piperazine rings is 1. The third-order valence-corrected chi connectivity index (χ3v) is 8.90. The van der Waals surface area contributed by atoms with Crippen molar-refractivity contribution < 1.29 is 8.42 Å². The molecule has 11 nitrogen and oxygen atoms in total. The van der Waals surface area contributed by atoms with Crippen LogP contribution in [0.1, 0.15) is 0 Å². The van der Waals surface area contributed by atoms with Crippen LogP contribution in [0.25, 0.3) is 22.0 Å². The van der Waals surface area contributed by atoms with Gasteiger partial charge in [-0.3, -0.25) is 0 Å². The maximum absolute atomic E-state index is 13.2. The molecule has 192 valence electrons. The summed E-state index contributed by atoms with van der Waals surface area (Å²) >= 11 is 1.41. The summed E-state index contributed by atoms with van der Waals surface area (Å²) in [6.45, 7) is 2.30. The Kier molecular flexibility index (Phi) is 7.02. The molecule has 3 heterocycles. The molecule has 13 heteroatoms. The molecule has 2 aromatic heterocycles. The van der Waals surface area contributed by atoms with Gasteiger partial charge >= 0.3 is 0 Å². The highest BCUT2D eigenvalue weighted by atomic mass is 32.2. The largest absolute Gasteiger partial charge is 0.368 e. The number of sulfonamides is 1. The first-order valence-corrected chi connectivity index (χ1v) is 13.9. The highest BCUT2D eigenvalue weighted by molar-refractivity contribution is 7.89. The zero-order chi connectivity index (χ0) is 26.0. The van der Waals surface area contributed by atoms with Crippen molar-refractivity contribution in [2.75, 3.05) is 56.6 Å². The fraction of sp³-hybridized carbons (Fsp3) is 0.250. The number of hydrogen-bond donors (Lipinski definition) is 3. The topological polar surface area (TPSA) is 142 Å². The molecule has 4 N–H and O–H groups in total. The minimum atomic E-state index is -3.62. The van der Waals surface area contributed by atoms with Crippen molar-refractivity contribution in [1.29, 1.82) is 0 Å². The minimum Gasteiger partial charge on any atom is -0.368 e. The first kappa shape index (κ1) is 25.0. The van der Waals surface area contributed by atoms with Crippen LogP contribution in [0.2, 0.25) is 0 Å². The molecule has 0 bridgehead atoms. The van der Waals surface area contributed by atoms with Gasteiger partial charge in [0, 0.05) is 44.5 Å². The number of hydrogen-bond acceptors (Lipinski definition) is 11. The lowest BCUT2D eigenvalue weighted by molar-refractivity contribution is 0.222. The van der Waals surface area contributed by atoms with E-state index >= 15 is 0 Å². The predicted molar refractivity (Wildman–Crippen MR) is 146 cm³/mol. The van der Waals surface area contributed by atoms with Crippen molar-refractivity contribution in [2.45, 2.75) is 4.90 Å². The Balaban J connectivity index is 1.45. The maximum atomic E-state index is 13.2. The second-order valence-electron chi connectivity index (χ2n) is 8.51. The molecule has 0 radical (unpaired) electrons. The van der Waals surface area contributed by atoms with Gasteiger partial charge in [-0.25, -0.2) is 13.4 Å². The van der Waals surface area contributed by atoms with Crippen molar-refractivity contribution in [3.8, 4) is 22.0 Å². The number of nitrogens with two attached hydrogens (primary N) is 1. The third kappa shape index (κ3) is 5.39. The molecule has 0 spiro atoms. The summed E-state index contributed by atoms with van der Waals surface area (Å²) in [4.78, 5) is 20.9. The van der Waals surface area contributed by atoms with E-state index < -0.39 is 10.0 Å². The normalized spacial score (nSPS) is 15.0. The van der Waals surface area contributed by atoms with Crippen LogP contribution in [0.3, 0.4) is 0 Å². The van der Waals surface area contributed by atoms with E-state index in [0.717, 1.165) is 16.1 Å². The van der Waals surface area contributed by atoms with Crippen LogP contribution in [0.15, 0.2) is 59.5 Å². The fourth-order valence-corrected chi connectivity index (χ4v) is 6.30. The zero-order valence-electron chi connectivity index (χ0n) is 20.4. The molecule has 0 atom stereocenters. The van der Waals surface area contributed by atoms with Gasteiger partial charge in [-0.05, 0) is 25.2 Å². The number of nitrogen functional groups attached to an aromatic ring is 1. The van der Waals surface area contributed by atoms with E-state index in [2.05, 4.69) is 35.5 Å². The number of benzene rings is 2. The number of rotatable bonds is 7. The Labute approximate surface area is 219 Å². The monoisotopic (exact) mass is 537 g/mol. The van der Waals surface area contributed by atoms with Crippen LogP contribution in [-0.4, -0.2) is 77.8 Å². The number of anilines is 4. The van der Waals surface area contributed by atoms with Crippen molar-refractivity contribution in [1.82, 2.24) is 29.1 Å². The maximum Gasteiger partial charge on any atom is 0.243 e. The van der Waals surface area contributed by atoms with E-state index in [1.54, 1.807) is 31.3 Å². The molecular formula is C24H27N9O2S2. The summed E-state index contributed by atoms with van der Waals surface area (Å²) in [5, 5.41) is 6.88. The van der Waals surface area contributed by atoms with Gasteiger partial charge in [0.25, 0.3) is 0 Å². The highest BCUT2D eigenvalue weighted by Crippen LogP contribution is 2.37. The van der Waals surface area contributed by atoms with Gasteiger partial charge in [0.15, 0.2) is 11.0 Å². The second-order valence-corrected chi connectivity index (χ2v) is 11.5.